The van der Waals surface area contributed by atoms with Crippen LogP contribution < -0.4 is 5.73 Å². The highest BCUT2D eigenvalue weighted by atomic mass is 16.5. The van der Waals surface area contributed by atoms with Gasteiger partial charge in [-0.1, -0.05) is 96.8 Å². The van der Waals surface area contributed by atoms with Crippen LogP contribution in [0.15, 0.2) is 0 Å². The molecule has 3 heteroatoms. The van der Waals surface area contributed by atoms with Crippen molar-refractivity contribution in [3.8, 4) is 0 Å². The first-order valence-electron chi connectivity index (χ1n) is 10.0. The standard InChI is InChI=1S/C20H41NO2/c1-3-4-5-6-7-8-9-10-11-12-13-14-15-16-17-19(18-21)20(22)23-2/h19H,3-18,21H2,1-2H3. The van der Waals surface area contributed by atoms with Crippen molar-refractivity contribution in [3.63, 3.8) is 0 Å². The van der Waals surface area contributed by atoms with E-state index in [1.165, 1.54) is 90.6 Å². The number of hydrogen-bond acceptors (Lipinski definition) is 3. The second-order valence-electron chi connectivity index (χ2n) is 6.84. The number of unbranched alkanes of at least 4 members (excludes halogenated alkanes) is 13. The van der Waals surface area contributed by atoms with Gasteiger partial charge in [0.25, 0.3) is 0 Å². The molecule has 0 bridgehead atoms. The number of hydrogen-bond donors (Lipinski definition) is 1. The monoisotopic (exact) mass is 327 g/mol. The number of nitrogens with two attached hydrogens (primary N) is 1. The molecule has 0 aromatic carbocycles. The molecule has 0 saturated heterocycles. The summed E-state index contributed by atoms with van der Waals surface area (Å²) >= 11 is 0. The Morgan fingerprint density at radius 1 is 0.783 bits per heavy atom. The molecule has 0 aromatic heterocycles. The van der Waals surface area contributed by atoms with Gasteiger partial charge in [0, 0.05) is 6.54 Å². The molecule has 23 heavy (non-hydrogen) atoms. The molecule has 2 N–H and O–H groups in total. The third-order valence-electron chi connectivity index (χ3n) is 4.73. The van der Waals surface area contributed by atoms with E-state index >= 15 is 0 Å². The van der Waals surface area contributed by atoms with Crippen molar-refractivity contribution in [3.05, 3.63) is 0 Å². The van der Waals surface area contributed by atoms with Crippen molar-refractivity contribution in [2.24, 2.45) is 11.7 Å². The van der Waals surface area contributed by atoms with Crippen LogP contribution in [-0.2, 0) is 9.53 Å². The molecule has 0 aliphatic heterocycles. The predicted molar refractivity (Wildman–Crippen MR) is 99.5 cm³/mol. The summed E-state index contributed by atoms with van der Waals surface area (Å²) in [5.74, 6) is -0.250. The van der Waals surface area contributed by atoms with Gasteiger partial charge in [-0.2, -0.15) is 0 Å². The Labute approximate surface area is 144 Å². The van der Waals surface area contributed by atoms with Gasteiger partial charge >= 0.3 is 5.97 Å². The summed E-state index contributed by atoms with van der Waals surface area (Å²) in [6, 6.07) is 0. The number of methoxy groups -OCH3 is 1. The molecule has 0 saturated carbocycles. The molecule has 3 nitrogen and oxygen atoms in total. The van der Waals surface area contributed by atoms with E-state index in [1.807, 2.05) is 0 Å². The maximum Gasteiger partial charge on any atom is 0.309 e. The van der Waals surface area contributed by atoms with Crippen LogP contribution in [-0.4, -0.2) is 19.6 Å². The molecule has 1 unspecified atom stereocenters. The lowest BCUT2D eigenvalue weighted by atomic mass is 10.00. The number of rotatable bonds is 17. The SMILES string of the molecule is CCCCCCCCCCCCCCCCC(CN)C(=O)OC. The molecule has 0 rings (SSSR count). The van der Waals surface area contributed by atoms with E-state index in [-0.39, 0.29) is 11.9 Å². The molecule has 1 atom stereocenters. The summed E-state index contributed by atoms with van der Waals surface area (Å²) in [6.45, 7) is 2.68. The van der Waals surface area contributed by atoms with Gasteiger partial charge in [0.1, 0.15) is 0 Å². The number of esters is 1. The van der Waals surface area contributed by atoms with Crippen LogP contribution in [0.1, 0.15) is 103 Å². The molecular formula is C20H41NO2. The second kappa shape index (κ2) is 17.8. The Hall–Kier alpha value is -0.570. The van der Waals surface area contributed by atoms with Gasteiger partial charge in [0.2, 0.25) is 0 Å². The Morgan fingerprint density at radius 3 is 1.52 bits per heavy atom. The fourth-order valence-corrected chi connectivity index (χ4v) is 3.08. The van der Waals surface area contributed by atoms with Crippen LogP contribution in [0.5, 0.6) is 0 Å². The molecule has 0 aromatic rings. The number of carbonyl (C=O) groups excluding carboxylic acids is 1. The van der Waals surface area contributed by atoms with Gasteiger partial charge in [0.05, 0.1) is 13.0 Å². The summed E-state index contributed by atoms with van der Waals surface area (Å²) in [4.78, 5) is 11.4. The van der Waals surface area contributed by atoms with Gasteiger partial charge in [-0.05, 0) is 6.42 Å². The predicted octanol–water partition coefficient (Wildman–Crippen LogP) is 5.61. The summed E-state index contributed by atoms with van der Waals surface area (Å²) in [7, 11) is 1.44. The minimum atomic E-state index is -0.151. The van der Waals surface area contributed by atoms with Gasteiger partial charge < -0.3 is 10.5 Å². The van der Waals surface area contributed by atoms with Crippen molar-refractivity contribution >= 4 is 5.97 Å². The van der Waals surface area contributed by atoms with Crippen molar-refractivity contribution in [2.75, 3.05) is 13.7 Å². The van der Waals surface area contributed by atoms with Gasteiger partial charge in [-0.3, -0.25) is 4.79 Å². The van der Waals surface area contributed by atoms with Crippen LogP contribution in [0.2, 0.25) is 0 Å². The van der Waals surface area contributed by atoms with E-state index in [1.54, 1.807) is 0 Å². The molecule has 0 heterocycles. The van der Waals surface area contributed by atoms with Crippen LogP contribution in [0.25, 0.3) is 0 Å². The summed E-state index contributed by atoms with van der Waals surface area (Å²) in [6.07, 6.45) is 19.9. The molecule has 0 aliphatic rings. The van der Waals surface area contributed by atoms with Crippen LogP contribution >= 0.6 is 0 Å². The van der Waals surface area contributed by atoms with Crippen molar-refractivity contribution in [1.29, 1.82) is 0 Å². The molecule has 0 radical (unpaired) electrons. The highest BCUT2D eigenvalue weighted by Gasteiger charge is 2.16. The average Bonchev–Trinajstić information content (AvgIpc) is 2.58. The van der Waals surface area contributed by atoms with E-state index in [0.717, 1.165) is 12.8 Å². The van der Waals surface area contributed by atoms with Crippen LogP contribution in [0.3, 0.4) is 0 Å². The lowest BCUT2D eigenvalue weighted by Gasteiger charge is -2.11. The van der Waals surface area contributed by atoms with Crippen molar-refractivity contribution < 1.29 is 9.53 Å². The van der Waals surface area contributed by atoms with E-state index < -0.39 is 0 Å². The zero-order valence-corrected chi connectivity index (χ0v) is 15.8. The minimum Gasteiger partial charge on any atom is -0.469 e. The average molecular weight is 328 g/mol. The summed E-state index contributed by atoms with van der Waals surface area (Å²) < 4.78 is 4.75. The zero-order chi connectivity index (χ0) is 17.2. The van der Waals surface area contributed by atoms with E-state index in [0.29, 0.717) is 6.54 Å². The Balaban J connectivity index is 3.20. The van der Waals surface area contributed by atoms with Crippen molar-refractivity contribution in [1.82, 2.24) is 0 Å². The zero-order valence-electron chi connectivity index (χ0n) is 15.8. The highest BCUT2D eigenvalue weighted by molar-refractivity contribution is 5.72. The quantitative estimate of drug-likeness (QED) is 0.279. The van der Waals surface area contributed by atoms with Gasteiger partial charge in [-0.15, -0.1) is 0 Å². The third-order valence-corrected chi connectivity index (χ3v) is 4.73. The highest BCUT2D eigenvalue weighted by Crippen LogP contribution is 2.15. The fraction of sp³-hybridized carbons (Fsp3) is 0.950. The lowest BCUT2D eigenvalue weighted by Crippen LogP contribution is -2.24. The lowest BCUT2D eigenvalue weighted by molar-refractivity contribution is -0.145. The molecule has 0 amide bonds. The first kappa shape index (κ1) is 22.4. The van der Waals surface area contributed by atoms with E-state index in [4.69, 9.17) is 10.5 Å². The molecule has 0 aliphatic carbocycles. The first-order chi connectivity index (χ1) is 11.3. The molecule has 0 spiro atoms. The van der Waals surface area contributed by atoms with E-state index in [2.05, 4.69) is 6.92 Å². The van der Waals surface area contributed by atoms with Crippen LogP contribution in [0, 0.1) is 5.92 Å². The smallest absolute Gasteiger partial charge is 0.309 e. The Bertz CT molecular complexity index is 256. The molecular weight excluding hydrogens is 286 g/mol. The number of ether oxygens (including phenoxy) is 1. The van der Waals surface area contributed by atoms with Crippen molar-refractivity contribution in [2.45, 2.75) is 103 Å². The summed E-state index contributed by atoms with van der Waals surface area (Å²) in [5.41, 5.74) is 5.60. The summed E-state index contributed by atoms with van der Waals surface area (Å²) in [5, 5.41) is 0. The topological polar surface area (TPSA) is 52.3 Å². The molecule has 0 fully saturated rings. The third kappa shape index (κ3) is 14.7. The normalized spacial score (nSPS) is 12.3. The first-order valence-corrected chi connectivity index (χ1v) is 10.0. The minimum absolute atomic E-state index is 0.0997. The maximum absolute atomic E-state index is 11.4. The van der Waals surface area contributed by atoms with Crippen LogP contribution in [0.4, 0.5) is 0 Å². The number of carbonyl (C=O) groups is 1. The van der Waals surface area contributed by atoms with Gasteiger partial charge in [-0.25, -0.2) is 0 Å². The maximum atomic E-state index is 11.4. The largest absolute Gasteiger partial charge is 0.469 e. The Kier molecular flexibility index (Phi) is 17.3. The second-order valence-corrected chi connectivity index (χ2v) is 6.84. The Morgan fingerprint density at radius 2 is 1.17 bits per heavy atom. The van der Waals surface area contributed by atoms with E-state index in [9.17, 15) is 4.79 Å². The van der Waals surface area contributed by atoms with Gasteiger partial charge in [0.15, 0.2) is 0 Å². The fourth-order valence-electron chi connectivity index (χ4n) is 3.08. The molecule has 138 valence electrons.